The quantitative estimate of drug-likeness (QED) is 0.144. The number of hydrogen-bond donors (Lipinski definition) is 9. The third kappa shape index (κ3) is 112. The fourth-order valence-electron chi connectivity index (χ4n) is 1.14. The first-order valence-corrected chi connectivity index (χ1v) is 16.6. The smallest absolute Gasteiger partial charge is 0.0430 e. The van der Waals surface area contributed by atoms with Gasteiger partial charge in [-0.25, -0.2) is 0 Å². The summed E-state index contributed by atoms with van der Waals surface area (Å²) in [4.78, 5) is 9.38. The molecule has 1 heterocycles. The molecule has 0 unspecified atom stereocenters. The minimum atomic E-state index is 0.344. The van der Waals surface area contributed by atoms with E-state index in [1.54, 1.807) is 0 Å². The summed E-state index contributed by atoms with van der Waals surface area (Å²) in [6.07, 6.45) is 12.2. The highest BCUT2D eigenvalue weighted by atomic mass is 31.2. The Labute approximate surface area is 230 Å². The van der Waals surface area contributed by atoms with Crippen molar-refractivity contribution in [1.29, 1.82) is 0 Å². The summed E-state index contributed by atoms with van der Waals surface area (Å²) in [5.74, 6) is 0. The molecule has 1 aliphatic heterocycles. The molecule has 0 spiro atoms. The molecule has 0 aliphatic carbocycles. The van der Waals surface area contributed by atoms with E-state index in [4.69, 9.17) is 30.6 Å². The van der Waals surface area contributed by atoms with E-state index in [9.17, 15) is 0 Å². The molecule has 0 aromatic rings. The minimum absolute atomic E-state index is 0.344. The summed E-state index contributed by atoms with van der Waals surface area (Å²) in [7, 11) is 2.29. The second-order valence-electron chi connectivity index (χ2n) is 7.21. The van der Waals surface area contributed by atoms with Gasteiger partial charge in [0.25, 0.3) is 0 Å². The van der Waals surface area contributed by atoms with Crippen molar-refractivity contribution in [3.05, 3.63) is 0 Å². The Bertz CT molecular complexity index is 197. The van der Waals surface area contributed by atoms with Gasteiger partial charge in [-0.2, -0.15) is 0 Å². The van der Waals surface area contributed by atoms with E-state index >= 15 is 0 Å². The van der Waals surface area contributed by atoms with Gasteiger partial charge < -0.3 is 30.6 Å². The summed E-state index contributed by atoms with van der Waals surface area (Å²) in [5, 5.41) is 48.4. The van der Waals surface area contributed by atoms with Crippen molar-refractivity contribution in [2.45, 2.75) is 119 Å². The maximum Gasteiger partial charge on any atom is 0.0430 e. The van der Waals surface area contributed by atoms with Crippen molar-refractivity contribution in [2.75, 3.05) is 39.6 Å². The zero-order valence-electron chi connectivity index (χ0n) is 24.4. The van der Waals surface area contributed by atoms with Gasteiger partial charge in [0.15, 0.2) is 0 Å². The van der Waals surface area contributed by atoms with Crippen molar-refractivity contribution in [3.63, 3.8) is 0 Å². The van der Waals surface area contributed by atoms with Crippen LogP contribution in [-0.2, 0) is 0 Å². The Balaban J connectivity index is -0.0000000731. The molecule has 12 heteroatoms. The largest absolute Gasteiger partial charge is 0.396 e. The van der Waals surface area contributed by atoms with Crippen molar-refractivity contribution >= 4 is 26.6 Å². The molecular weight excluding hydrogens is 519 g/mol. The normalized spacial score (nSPS) is 13.0. The molecule has 1 aliphatic rings. The lowest BCUT2D eigenvalue weighted by atomic mass is 10.4. The number of aliphatic hydroxyl groups is 6. The van der Waals surface area contributed by atoms with E-state index in [0.29, 0.717) is 39.6 Å². The van der Waals surface area contributed by atoms with Crippen molar-refractivity contribution in [2.24, 2.45) is 0 Å². The van der Waals surface area contributed by atoms with Crippen LogP contribution in [0.1, 0.15) is 119 Å². The second-order valence-corrected chi connectivity index (χ2v) is 11.0. The fourth-order valence-corrected chi connectivity index (χ4v) is 4.32. The molecule has 0 saturated carbocycles. The van der Waals surface area contributed by atoms with Crippen LogP contribution in [0.5, 0.6) is 0 Å². The number of aliphatic hydroxyl groups excluding tert-OH is 6. The number of nitrogens with one attached hydrogen (secondary N) is 3. The van der Waals surface area contributed by atoms with Gasteiger partial charge in [-0.05, 0) is 38.5 Å². The van der Waals surface area contributed by atoms with Crippen molar-refractivity contribution in [1.82, 2.24) is 14.6 Å². The molecular formula is C24H66N3O6P3. The minimum Gasteiger partial charge on any atom is -0.396 e. The van der Waals surface area contributed by atoms with E-state index < -0.39 is 0 Å². The number of rotatable bonds is 12. The van der Waals surface area contributed by atoms with Crippen molar-refractivity contribution in [3.8, 4) is 0 Å². The first kappa shape index (κ1) is 49.8. The maximum absolute atomic E-state index is 8.07. The molecule has 1 rings (SSSR count). The Morgan fingerprint density at radius 1 is 0.333 bits per heavy atom. The van der Waals surface area contributed by atoms with E-state index in [0.717, 1.165) is 104 Å². The van der Waals surface area contributed by atoms with E-state index in [-0.39, 0.29) is 0 Å². The standard InChI is InChI=1S/6C4H10O.H6N3P3/c6*1-2-3-4-5;1-4-2-6-3-5-1/h6*5H,2-4H2,1H3;1-6H. The van der Waals surface area contributed by atoms with Gasteiger partial charge in [0.05, 0.1) is 0 Å². The SMILES string of the molecule is CCCCO.CCCCO.CCCCO.CCCCO.CCCCO.CCCCO.N1PNPNP1. The summed E-state index contributed by atoms with van der Waals surface area (Å²) >= 11 is 0. The van der Waals surface area contributed by atoms with Gasteiger partial charge in [0.1, 0.15) is 0 Å². The monoisotopic (exact) mass is 585 g/mol. The van der Waals surface area contributed by atoms with E-state index in [2.05, 4.69) is 56.1 Å². The molecule has 9 nitrogen and oxygen atoms in total. The molecule has 36 heavy (non-hydrogen) atoms. The van der Waals surface area contributed by atoms with Crippen LogP contribution in [0.25, 0.3) is 0 Å². The number of unbranched alkanes of at least 4 members (excludes halogenated alkanes) is 6. The predicted molar refractivity (Wildman–Crippen MR) is 166 cm³/mol. The van der Waals surface area contributed by atoms with Crippen LogP contribution in [0.15, 0.2) is 0 Å². The van der Waals surface area contributed by atoms with Crippen LogP contribution in [0.2, 0.25) is 0 Å². The molecule has 0 aromatic carbocycles. The van der Waals surface area contributed by atoms with Crippen LogP contribution in [0.4, 0.5) is 0 Å². The summed E-state index contributed by atoms with van der Waals surface area (Å²) < 4.78 is 0. The lowest BCUT2D eigenvalue weighted by Gasteiger charge is -2.12. The molecule has 1 saturated heterocycles. The molecule has 228 valence electrons. The van der Waals surface area contributed by atoms with Gasteiger partial charge in [-0.15, -0.1) is 0 Å². The van der Waals surface area contributed by atoms with Crippen molar-refractivity contribution < 1.29 is 30.6 Å². The molecule has 0 atom stereocenters. The topological polar surface area (TPSA) is 157 Å². The Kier molecular flexibility index (Phi) is 97.6. The summed E-state index contributed by atoms with van der Waals surface area (Å²) in [6.45, 7) is 14.4. The molecule has 1 fully saturated rings. The lowest BCUT2D eigenvalue weighted by molar-refractivity contribution is 0.286. The molecule has 0 aromatic heterocycles. The summed E-state index contributed by atoms with van der Waals surface area (Å²) in [5.41, 5.74) is 0. The van der Waals surface area contributed by atoms with Gasteiger partial charge in [0, 0.05) is 66.3 Å². The zero-order chi connectivity index (χ0) is 29.0. The van der Waals surface area contributed by atoms with Gasteiger partial charge >= 0.3 is 0 Å². The second kappa shape index (κ2) is 70.5. The third-order valence-corrected chi connectivity index (χ3v) is 6.45. The fraction of sp³-hybridized carbons (Fsp3) is 1.00. The average Bonchev–Trinajstić information content (AvgIpc) is 2.90. The highest BCUT2D eigenvalue weighted by Crippen LogP contribution is 2.23. The Morgan fingerprint density at radius 2 is 0.472 bits per heavy atom. The van der Waals surface area contributed by atoms with E-state index in [1.807, 2.05) is 0 Å². The molecule has 0 radical (unpaired) electrons. The maximum atomic E-state index is 8.07. The predicted octanol–water partition coefficient (Wildman–Crippen LogP) is 4.97. The van der Waals surface area contributed by atoms with Gasteiger partial charge in [0.2, 0.25) is 0 Å². The third-order valence-electron chi connectivity index (χ3n) is 3.45. The van der Waals surface area contributed by atoms with E-state index in [1.165, 1.54) is 0 Å². The van der Waals surface area contributed by atoms with Crippen LogP contribution >= 0.6 is 26.6 Å². The average molecular weight is 586 g/mol. The molecule has 9 N–H and O–H groups in total. The van der Waals surface area contributed by atoms with Crippen LogP contribution in [-0.4, -0.2) is 70.3 Å². The van der Waals surface area contributed by atoms with Crippen LogP contribution in [0, 0.1) is 0 Å². The first-order chi connectivity index (χ1) is 17.5. The number of hydrogen-bond acceptors (Lipinski definition) is 9. The Morgan fingerprint density at radius 3 is 0.500 bits per heavy atom. The summed E-state index contributed by atoms with van der Waals surface area (Å²) in [6, 6.07) is 0. The van der Waals surface area contributed by atoms with Crippen LogP contribution in [0.3, 0.4) is 0 Å². The van der Waals surface area contributed by atoms with Crippen LogP contribution < -0.4 is 14.6 Å². The molecule has 0 amide bonds. The first-order valence-electron chi connectivity index (χ1n) is 13.6. The Hall–Kier alpha value is 0.930. The highest BCUT2D eigenvalue weighted by Gasteiger charge is 1.90. The zero-order valence-corrected chi connectivity index (χ0v) is 27.4. The van der Waals surface area contributed by atoms with Gasteiger partial charge in [-0.3, -0.25) is 14.6 Å². The van der Waals surface area contributed by atoms with Gasteiger partial charge in [-0.1, -0.05) is 80.1 Å². The molecule has 0 bridgehead atoms. The lowest BCUT2D eigenvalue weighted by Crippen LogP contribution is -2.07. The highest BCUT2D eigenvalue weighted by molar-refractivity contribution is 7.65.